The molecule has 0 aromatic heterocycles. The summed E-state index contributed by atoms with van der Waals surface area (Å²) in [6, 6.07) is 6.67. The van der Waals surface area contributed by atoms with E-state index in [1.807, 2.05) is 23.4 Å². The average molecular weight is 710 g/mol. The van der Waals surface area contributed by atoms with Gasteiger partial charge in [-0.3, -0.25) is 4.79 Å². The van der Waals surface area contributed by atoms with Crippen molar-refractivity contribution in [2.75, 3.05) is 19.8 Å². The van der Waals surface area contributed by atoms with E-state index >= 15 is 0 Å². The van der Waals surface area contributed by atoms with Gasteiger partial charge in [-0.25, -0.2) is 4.18 Å². The van der Waals surface area contributed by atoms with Gasteiger partial charge in [0, 0.05) is 19.2 Å². The van der Waals surface area contributed by atoms with Crippen molar-refractivity contribution in [3.63, 3.8) is 0 Å². The minimum Gasteiger partial charge on any atom is -0.463 e. The monoisotopic (exact) mass is 709 g/mol. The maximum Gasteiger partial charge on any atom is 0.305 e. The summed E-state index contributed by atoms with van der Waals surface area (Å²) in [4.78, 5) is 14.3. The van der Waals surface area contributed by atoms with Gasteiger partial charge in [0.2, 0.25) is 5.56 Å². The number of aryl methyl sites for hydroxylation is 1. The zero-order valence-corrected chi connectivity index (χ0v) is 31.4. The third kappa shape index (κ3) is 17.4. The Morgan fingerprint density at radius 1 is 0.833 bits per heavy atom. The van der Waals surface area contributed by atoms with Crippen molar-refractivity contribution >= 4 is 27.8 Å². The molecule has 1 aromatic rings. The van der Waals surface area contributed by atoms with Gasteiger partial charge in [-0.1, -0.05) is 139 Å². The molecular formula is C38H63NO7S2. The zero-order valence-electron chi connectivity index (χ0n) is 29.8. The second-order valence-corrected chi connectivity index (χ2v) is 16.0. The lowest BCUT2D eigenvalue weighted by atomic mass is 10.0. The number of esters is 1. The molecule has 0 saturated carbocycles. The number of carbonyl (C=O) groups excluding carboxylic acids is 1. The minimum atomic E-state index is -3.84. The second kappa shape index (κ2) is 24.5. The van der Waals surface area contributed by atoms with E-state index in [1.54, 1.807) is 24.3 Å². The quantitative estimate of drug-likeness (QED) is 0.0479. The first-order valence-electron chi connectivity index (χ1n) is 18.9. The molecule has 8 nitrogen and oxygen atoms in total. The van der Waals surface area contributed by atoms with Crippen LogP contribution >= 0.6 is 11.8 Å². The maximum absolute atomic E-state index is 12.7. The first-order chi connectivity index (χ1) is 23.4. The van der Waals surface area contributed by atoms with E-state index in [9.17, 15) is 13.2 Å². The smallest absolute Gasteiger partial charge is 0.305 e. The zero-order chi connectivity index (χ0) is 34.3. The Bertz CT molecular complexity index is 1130. The van der Waals surface area contributed by atoms with E-state index in [2.05, 4.69) is 6.92 Å². The van der Waals surface area contributed by atoms with Crippen molar-refractivity contribution in [2.24, 2.45) is 0 Å². The number of benzene rings is 1. The Kier molecular flexibility index (Phi) is 20.9. The maximum atomic E-state index is 12.7. The fourth-order valence-electron chi connectivity index (χ4n) is 6.06. The number of thioether (sulfide) groups is 1. The molecule has 0 bridgehead atoms. The van der Waals surface area contributed by atoms with Gasteiger partial charge in [0.15, 0.2) is 6.29 Å². The Balaban J connectivity index is 1.10. The van der Waals surface area contributed by atoms with Crippen LogP contribution in [0, 0.1) is 6.92 Å². The van der Waals surface area contributed by atoms with Gasteiger partial charge >= 0.3 is 5.97 Å². The van der Waals surface area contributed by atoms with Crippen molar-refractivity contribution in [3.8, 4) is 0 Å². The van der Waals surface area contributed by atoms with Crippen LogP contribution in [0.25, 0.3) is 0 Å². The molecule has 48 heavy (non-hydrogen) atoms. The van der Waals surface area contributed by atoms with Gasteiger partial charge in [-0.05, 0) is 50.1 Å². The highest BCUT2D eigenvalue weighted by molar-refractivity contribution is 8.03. The lowest BCUT2D eigenvalue weighted by Crippen LogP contribution is -2.30. The molecular weight excluding hydrogens is 647 g/mol. The fraction of sp³-hybridized carbons (Fsp3) is 0.763. The van der Waals surface area contributed by atoms with Crippen LogP contribution in [0.2, 0.25) is 0 Å². The van der Waals surface area contributed by atoms with Gasteiger partial charge in [0.05, 0.1) is 11.5 Å². The van der Waals surface area contributed by atoms with Gasteiger partial charge in [-0.15, -0.1) is 0 Å². The largest absolute Gasteiger partial charge is 0.463 e. The molecule has 1 aromatic carbocycles. The summed E-state index contributed by atoms with van der Waals surface area (Å²) in [5, 5.41) is 1.85. The summed E-state index contributed by atoms with van der Waals surface area (Å²) in [5.41, 5.74) is 0.393. The van der Waals surface area contributed by atoms with Crippen molar-refractivity contribution < 1.29 is 31.6 Å². The lowest BCUT2D eigenvalue weighted by molar-refractivity contribution is -0.148. The van der Waals surface area contributed by atoms with Crippen LogP contribution in [-0.4, -0.2) is 57.0 Å². The molecule has 0 spiro atoms. The highest BCUT2D eigenvalue weighted by atomic mass is 32.2. The minimum absolute atomic E-state index is 0.162. The third-order valence-corrected chi connectivity index (χ3v) is 11.4. The molecule has 274 valence electrons. The number of carbonyl (C=O) groups is 1. The molecule has 0 radical (unpaired) electrons. The Hall–Kier alpha value is -1.59. The topological polar surface area (TPSA) is 91.4 Å². The third-order valence-electron chi connectivity index (χ3n) is 9.07. The number of ether oxygens (including phenoxy) is 3. The molecule has 3 unspecified atom stereocenters. The molecule has 3 rings (SSSR count). The van der Waals surface area contributed by atoms with E-state index in [-0.39, 0.29) is 29.9 Å². The molecule has 10 heteroatoms. The van der Waals surface area contributed by atoms with Crippen LogP contribution in [0.15, 0.2) is 40.8 Å². The molecule has 0 aliphatic carbocycles. The SMILES string of the molecule is CCCCCCCCCCCCCCCCCC1OCC(COC(=O)CCCCCCN2C=CSC2OS(=O)(=O)c2ccc(C)cc2)O1. The summed E-state index contributed by atoms with van der Waals surface area (Å²) in [7, 11) is -3.84. The Morgan fingerprint density at radius 3 is 2.06 bits per heavy atom. The number of hydrogen-bond donors (Lipinski definition) is 0. The molecule has 2 aliphatic rings. The van der Waals surface area contributed by atoms with E-state index in [0.29, 0.717) is 19.6 Å². The van der Waals surface area contributed by atoms with Gasteiger partial charge in [0.1, 0.15) is 12.7 Å². The molecule has 1 fully saturated rings. The molecule has 3 atom stereocenters. The van der Waals surface area contributed by atoms with Gasteiger partial charge in [0.25, 0.3) is 10.1 Å². The highest BCUT2D eigenvalue weighted by Crippen LogP contribution is 2.30. The van der Waals surface area contributed by atoms with Gasteiger partial charge < -0.3 is 19.1 Å². The predicted molar refractivity (Wildman–Crippen MR) is 195 cm³/mol. The molecule has 0 amide bonds. The standard InChI is InChI=1S/C38H63NO7S2/c1-3-4-5-6-7-8-9-10-11-12-13-14-15-16-20-23-37-44-32-34(45-37)31-43-36(40)22-19-17-18-21-28-39-29-30-47-38(39)46-48(41,42)35-26-24-33(2)25-27-35/h24-27,29-30,34,37-38H,3-23,28,31-32H2,1-2H3. The molecule has 1 saturated heterocycles. The van der Waals surface area contributed by atoms with E-state index in [1.165, 1.54) is 102 Å². The predicted octanol–water partition coefficient (Wildman–Crippen LogP) is 10.0. The normalized spacial score (nSPS) is 19.4. The summed E-state index contributed by atoms with van der Waals surface area (Å²) >= 11 is 1.34. The van der Waals surface area contributed by atoms with Crippen LogP contribution in [0.5, 0.6) is 0 Å². The Morgan fingerprint density at radius 2 is 1.42 bits per heavy atom. The number of nitrogens with zero attached hydrogens (tertiary/aromatic N) is 1. The second-order valence-electron chi connectivity index (χ2n) is 13.4. The Labute approximate surface area is 296 Å². The summed E-state index contributed by atoms with van der Waals surface area (Å²) < 4.78 is 48.0. The molecule has 2 heterocycles. The number of unbranched alkanes of at least 4 members (excludes halogenated alkanes) is 17. The number of rotatable bonds is 28. The van der Waals surface area contributed by atoms with Crippen molar-refractivity contribution in [2.45, 2.75) is 172 Å². The van der Waals surface area contributed by atoms with Crippen LogP contribution in [0.4, 0.5) is 0 Å². The van der Waals surface area contributed by atoms with E-state index < -0.39 is 15.7 Å². The first kappa shape index (κ1) is 40.8. The van der Waals surface area contributed by atoms with Crippen LogP contribution in [0.3, 0.4) is 0 Å². The molecule has 0 N–H and O–H groups in total. The first-order valence-corrected chi connectivity index (χ1v) is 21.2. The molecule has 2 aliphatic heterocycles. The van der Waals surface area contributed by atoms with Crippen molar-refractivity contribution in [1.29, 1.82) is 0 Å². The lowest BCUT2D eigenvalue weighted by Gasteiger charge is -2.24. The van der Waals surface area contributed by atoms with Crippen LogP contribution in [-0.2, 0) is 33.3 Å². The summed E-state index contributed by atoms with van der Waals surface area (Å²) in [6.07, 6.45) is 26.6. The van der Waals surface area contributed by atoms with Crippen molar-refractivity contribution in [1.82, 2.24) is 4.90 Å². The van der Waals surface area contributed by atoms with E-state index in [0.717, 1.165) is 44.1 Å². The fourth-order valence-corrected chi connectivity index (χ4v) is 8.15. The average Bonchev–Trinajstić information content (AvgIpc) is 3.72. The van der Waals surface area contributed by atoms with E-state index in [4.69, 9.17) is 18.4 Å². The summed E-state index contributed by atoms with van der Waals surface area (Å²) in [6.45, 7) is 5.61. The van der Waals surface area contributed by atoms with Crippen LogP contribution < -0.4 is 0 Å². The van der Waals surface area contributed by atoms with Crippen LogP contribution in [0.1, 0.15) is 147 Å². The summed E-state index contributed by atoms with van der Waals surface area (Å²) in [5.74, 6) is -0.196. The van der Waals surface area contributed by atoms with Gasteiger partial charge in [-0.2, -0.15) is 8.42 Å². The number of hydrogen-bond acceptors (Lipinski definition) is 9. The van der Waals surface area contributed by atoms with Crippen molar-refractivity contribution in [3.05, 3.63) is 41.4 Å². The highest BCUT2D eigenvalue weighted by Gasteiger charge is 2.28.